The van der Waals surface area contributed by atoms with Gasteiger partial charge in [0.15, 0.2) is 0 Å². The number of piperidine rings is 1. The number of nitrogens with zero attached hydrogens (tertiary/aromatic N) is 4. The first-order valence-corrected chi connectivity index (χ1v) is 12.6. The summed E-state index contributed by atoms with van der Waals surface area (Å²) in [5.74, 6) is 0.388. The summed E-state index contributed by atoms with van der Waals surface area (Å²) in [4.78, 5) is 18.2. The van der Waals surface area contributed by atoms with Gasteiger partial charge in [-0.1, -0.05) is 48.0 Å². The summed E-state index contributed by atoms with van der Waals surface area (Å²) < 4.78 is 1.97. The van der Waals surface area contributed by atoms with Crippen molar-refractivity contribution in [3.63, 3.8) is 0 Å². The minimum Gasteiger partial charge on any atom is -0.336 e. The maximum Gasteiger partial charge on any atom is 0.257 e. The monoisotopic (exact) mass is 513 g/mol. The summed E-state index contributed by atoms with van der Waals surface area (Å²) in [7, 11) is 0. The second-order valence-corrected chi connectivity index (χ2v) is 9.72. The predicted molar refractivity (Wildman–Crippen MR) is 143 cm³/mol. The van der Waals surface area contributed by atoms with Crippen LogP contribution in [0.2, 0.25) is 5.02 Å². The first kappa shape index (κ1) is 25.7. The second kappa shape index (κ2) is 11.6. The van der Waals surface area contributed by atoms with E-state index in [9.17, 15) is 4.79 Å². The van der Waals surface area contributed by atoms with E-state index in [1.165, 1.54) is 5.56 Å². The van der Waals surface area contributed by atoms with Gasteiger partial charge in [0.2, 0.25) is 0 Å². The molecule has 0 saturated carbocycles. The van der Waals surface area contributed by atoms with Crippen molar-refractivity contribution in [2.24, 2.45) is 0 Å². The molecule has 8 heteroatoms. The Bertz CT molecular complexity index is 1140. The van der Waals surface area contributed by atoms with Gasteiger partial charge >= 0.3 is 0 Å². The van der Waals surface area contributed by atoms with Gasteiger partial charge in [-0.3, -0.25) is 9.69 Å². The number of rotatable bonds is 5. The lowest BCUT2D eigenvalue weighted by molar-refractivity contribution is 0.0626. The molecule has 1 N–H and O–H groups in total. The Kier molecular flexibility index (Phi) is 8.50. The minimum atomic E-state index is 0. The first-order valence-electron chi connectivity index (χ1n) is 12.2. The zero-order chi connectivity index (χ0) is 23.5. The van der Waals surface area contributed by atoms with Crippen molar-refractivity contribution >= 4 is 29.9 Å². The van der Waals surface area contributed by atoms with E-state index >= 15 is 0 Å². The fourth-order valence-electron chi connectivity index (χ4n) is 5.15. The third-order valence-corrected chi connectivity index (χ3v) is 7.55. The van der Waals surface area contributed by atoms with Gasteiger partial charge in [-0.05, 0) is 56.1 Å². The summed E-state index contributed by atoms with van der Waals surface area (Å²) in [6.07, 6.45) is 3.77. The first-order chi connectivity index (χ1) is 16.6. The summed E-state index contributed by atoms with van der Waals surface area (Å²) in [5, 5.41) is 8.89. The topological polar surface area (TPSA) is 53.4 Å². The smallest absolute Gasteiger partial charge is 0.257 e. The van der Waals surface area contributed by atoms with Crippen LogP contribution in [0.1, 0.15) is 45.9 Å². The summed E-state index contributed by atoms with van der Waals surface area (Å²) in [6, 6.07) is 16.4. The number of benzene rings is 2. The van der Waals surface area contributed by atoms with Crippen molar-refractivity contribution in [2.75, 3.05) is 39.3 Å². The molecule has 0 aliphatic carbocycles. The Balaban J connectivity index is 0.00000289. The highest BCUT2D eigenvalue weighted by Crippen LogP contribution is 2.33. The van der Waals surface area contributed by atoms with E-state index in [1.807, 2.05) is 40.8 Å². The molecule has 35 heavy (non-hydrogen) atoms. The van der Waals surface area contributed by atoms with Crippen LogP contribution in [0.5, 0.6) is 0 Å². The quantitative estimate of drug-likeness (QED) is 0.537. The van der Waals surface area contributed by atoms with Crippen LogP contribution in [-0.2, 0) is 6.54 Å². The Labute approximate surface area is 218 Å². The van der Waals surface area contributed by atoms with Gasteiger partial charge in [0, 0.05) is 43.7 Å². The van der Waals surface area contributed by atoms with E-state index in [4.69, 9.17) is 16.7 Å². The largest absolute Gasteiger partial charge is 0.336 e. The Morgan fingerprint density at radius 3 is 2.46 bits per heavy atom. The normalized spacial score (nSPS) is 17.3. The lowest BCUT2D eigenvalue weighted by Crippen LogP contribution is -2.48. The van der Waals surface area contributed by atoms with Crippen molar-refractivity contribution in [1.29, 1.82) is 0 Å². The number of carbonyl (C=O) groups is 1. The van der Waals surface area contributed by atoms with Crippen LogP contribution >= 0.6 is 24.0 Å². The molecule has 2 aliphatic heterocycles. The number of nitrogens with one attached hydrogen (secondary N) is 1. The molecule has 1 aromatic heterocycles. The number of amides is 1. The molecule has 3 heterocycles. The van der Waals surface area contributed by atoms with Crippen LogP contribution < -0.4 is 5.32 Å². The van der Waals surface area contributed by atoms with Crippen LogP contribution in [0.15, 0.2) is 54.7 Å². The van der Waals surface area contributed by atoms with Crippen molar-refractivity contribution in [1.82, 2.24) is 24.9 Å². The van der Waals surface area contributed by atoms with Crippen LogP contribution in [0.25, 0.3) is 5.69 Å². The molecule has 3 aromatic rings. The number of halogens is 2. The average molecular weight is 515 g/mol. The Morgan fingerprint density at radius 1 is 1.03 bits per heavy atom. The van der Waals surface area contributed by atoms with Crippen molar-refractivity contribution in [3.05, 3.63) is 82.1 Å². The van der Waals surface area contributed by atoms with Gasteiger partial charge in [-0.2, -0.15) is 5.10 Å². The number of aromatic nitrogens is 2. The molecule has 0 radical (unpaired) electrons. The zero-order valence-electron chi connectivity index (χ0n) is 20.1. The third-order valence-electron chi connectivity index (χ3n) is 7.14. The minimum absolute atomic E-state index is 0. The van der Waals surface area contributed by atoms with Crippen molar-refractivity contribution in [3.8, 4) is 5.69 Å². The average Bonchev–Trinajstić information content (AvgIpc) is 3.32. The van der Waals surface area contributed by atoms with Crippen molar-refractivity contribution < 1.29 is 4.79 Å². The maximum atomic E-state index is 13.7. The SMILES string of the molecule is Cc1c(Cl)cccc1-n1ncc(C(=O)N2CCN(Cc3ccccc3)CC2)c1C1CCNCC1.Cl. The highest BCUT2D eigenvalue weighted by molar-refractivity contribution is 6.31. The zero-order valence-corrected chi connectivity index (χ0v) is 21.7. The van der Waals surface area contributed by atoms with Crippen LogP contribution in [-0.4, -0.2) is 64.8 Å². The highest BCUT2D eigenvalue weighted by Gasteiger charge is 2.31. The molecule has 6 nitrogen and oxygen atoms in total. The fourth-order valence-corrected chi connectivity index (χ4v) is 5.32. The molecule has 2 aromatic carbocycles. The van der Waals surface area contributed by atoms with Gasteiger partial charge in [-0.15, -0.1) is 12.4 Å². The van der Waals surface area contributed by atoms with Gasteiger partial charge in [0.1, 0.15) is 0 Å². The lowest BCUT2D eigenvalue weighted by Gasteiger charge is -2.35. The van der Waals surface area contributed by atoms with E-state index in [0.717, 1.165) is 81.2 Å². The highest BCUT2D eigenvalue weighted by atomic mass is 35.5. The van der Waals surface area contributed by atoms with Gasteiger partial charge in [0.25, 0.3) is 5.91 Å². The molecule has 186 valence electrons. The molecule has 2 fully saturated rings. The summed E-state index contributed by atoms with van der Waals surface area (Å²) in [6.45, 7) is 8.08. The molecule has 0 spiro atoms. The van der Waals surface area contributed by atoms with E-state index in [-0.39, 0.29) is 18.3 Å². The van der Waals surface area contributed by atoms with Gasteiger partial charge in [0.05, 0.1) is 23.1 Å². The Hall–Kier alpha value is -2.38. The molecule has 2 aliphatic rings. The molecule has 5 rings (SSSR count). The van der Waals surface area contributed by atoms with Crippen LogP contribution in [0.4, 0.5) is 0 Å². The van der Waals surface area contributed by atoms with Gasteiger partial charge in [-0.25, -0.2) is 4.68 Å². The molecule has 0 unspecified atom stereocenters. The number of piperazine rings is 1. The molecular weight excluding hydrogens is 481 g/mol. The van der Waals surface area contributed by atoms with Gasteiger partial charge < -0.3 is 10.2 Å². The molecule has 0 bridgehead atoms. The molecular formula is C27H33Cl2N5O. The van der Waals surface area contributed by atoms with Crippen molar-refractivity contribution in [2.45, 2.75) is 32.2 Å². The fraction of sp³-hybridized carbons (Fsp3) is 0.407. The Morgan fingerprint density at radius 2 is 1.74 bits per heavy atom. The number of carbonyl (C=O) groups excluding carboxylic acids is 1. The van der Waals surface area contributed by atoms with E-state index in [2.05, 4.69) is 34.5 Å². The summed E-state index contributed by atoms with van der Waals surface area (Å²) in [5.41, 5.74) is 5.02. The van der Waals surface area contributed by atoms with Crippen LogP contribution in [0, 0.1) is 6.92 Å². The number of hydrogen-bond acceptors (Lipinski definition) is 4. The maximum absolute atomic E-state index is 13.7. The third kappa shape index (κ3) is 5.56. The lowest BCUT2D eigenvalue weighted by atomic mass is 9.91. The second-order valence-electron chi connectivity index (χ2n) is 9.32. The van der Waals surface area contributed by atoms with E-state index < -0.39 is 0 Å². The molecule has 1 amide bonds. The van der Waals surface area contributed by atoms with E-state index in [1.54, 1.807) is 6.20 Å². The molecule has 0 atom stereocenters. The summed E-state index contributed by atoms with van der Waals surface area (Å²) >= 11 is 6.43. The standard InChI is InChI=1S/C27H32ClN5O.ClH/c1-20-24(28)8-5-9-25(20)33-26(22-10-12-29-13-11-22)23(18-30-33)27(34)32-16-14-31(15-17-32)19-21-6-3-2-4-7-21;/h2-9,18,22,29H,10-17,19H2,1H3;1H. The van der Waals surface area contributed by atoms with E-state index in [0.29, 0.717) is 10.9 Å². The van der Waals surface area contributed by atoms with Crippen LogP contribution in [0.3, 0.4) is 0 Å². The predicted octanol–water partition coefficient (Wildman–Crippen LogP) is 4.68. The number of hydrogen-bond donors (Lipinski definition) is 1. The molecule has 2 saturated heterocycles.